The highest BCUT2D eigenvalue weighted by atomic mass is 32.1. The maximum atomic E-state index is 13.5. The van der Waals surface area contributed by atoms with Crippen LogP contribution < -0.4 is 19.1 Å². The van der Waals surface area contributed by atoms with Crippen LogP contribution in [0.3, 0.4) is 0 Å². The zero-order valence-corrected chi connectivity index (χ0v) is 22.0. The van der Waals surface area contributed by atoms with E-state index in [2.05, 4.69) is 4.98 Å². The van der Waals surface area contributed by atoms with Crippen LogP contribution in [0, 0.1) is 0 Å². The van der Waals surface area contributed by atoms with Gasteiger partial charge in [0, 0.05) is 5.56 Å². The van der Waals surface area contributed by atoms with Crippen molar-refractivity contribution in [3.8, 4) is 17.2 Å². The number of rotatable bonds is 8. The minimum Gasteiger partial charge on any atom is -0.507 e. The Hall–Kier alpha value is -4.37. The van der Waals surface area contributed by atoms with E-state index in [1.165, 1.54) is 16.2 Å². The number of fused-ring (bicyclic) bond motifs is 1. The van der Waals surface area contributed by atoms with Crippen LogP contribution in [-0.4, -0.2) is 42.1 Å². The van der Waals surface area contributed by atoms with Crippen LogP contribution in [0.2, 0.25) is 0 Å². The lowest BCUT2D eigenvalue weighted by molar-refractivity contribution is -0.132. The van der Waals surface area contributed by atoms with E-state index in [1.807, 2.05) is 32.0 Å². The minimum absolute atomic E-state index is 0.0152. The first kappa shape index (κ1) is 25.3. The zero-order valence-electron chi connectivity index (χ0n) is 21.1. The minimum atomic E-state index is -0.889. The number of carbonyl (C=O) groups excluding carboxylic acids is 2. The van der Waals surface area contributed by atoms with Crippen molar-refractivity contribution < 1.29 is 28.9 Å². The van der Waals surface area contributed by atoms with E-state index in [0.29, 0.717) is 52.2 Å². The first-order valence-corrected chi connectivity index (χ1v) is 13.0. The van der Waals surface area contributed by atoms with Crippen LogP contribution in [0.25, 0.3) is 16.0 Å². The summed E-state index contributed by atoms with van der Waals surface area (Å²) in [5, 5.41) is 11.7. The molecule has 9 heteroatoms. The number of benzene rings is 3. The second kappa shape index (κ2) is 10.5. The number of aromatic nitrogens is 1. The Balaban J connectivity index is 1.66. The summed E-state index contributed by atoms with van der Waals surface area (Å²) in [6.07, 6.45) is 0. The standard InChI is InChI=1S/C29H26N2O6S/c1-4-36-20-12-6-17(7-13-20)25-24(26(32)18-8-10-19(35-3)11-9-18)27(33)28(34)31(25)29-30-22-15-14-21(37-5-2)16-23(22)38-29/h6-16,25,32H,4-5H2,1-3H3/b26-24+. The van der Waals surface area contributed by atoms with Gasteiger partial charge in [-0.3, -0.25) is 14.5 Å². The fourth-order valence-electron chi connectivity index (χ4n) is 4.41. The quantitative estimate of drug-likeness (QED) is 0.177. The molecular weight excluding hydrogens is 504 g/mol. The van der Waals surface area contributed by atoms with Crippen LogP contribution in [0.5, 0.6) is 17.2 Å². The molecule has 2 heterocycles. The second-order valence-corrected chi connectivity index (χ2v) is 9.47. The van der Waals surface area contributed by atoms with Gasteiger partial charge in [-0.05, 0) is 74.0 Å². The molecule has 1 aromatic heterocycles. The second-order valence-electron chi connectivity index (χ2n) is 8.46. The van der Waals surface area contributed by atoms with Crippen LogP contribution in [0.1, 0.15) is 31.0 Å². The molecule has 3 aromatic carbocycles. The molecule has 0 spiro atoms. The number of thiazole rings is 1. The lowest BCUT2D eigenvalue weighted by Crippen LogP contribution is -2.29. The number of carbonyl (C=O) groups is 2. The summed E-state index contributed by atoms with van der Waals surface area (Å²) >= 11 is 1.28. The molecule has 0 bridgehead atoms. The van der Waals surface area contributed by atoms with Crippen LogP contribution in [0.15, 0.2) is 72.3 Å². The van der Waals surface area contributed by atoms with Gasteiger partial charge >= 0.3 is 5.91 Å². The molecule has 0 saturated carbocycles. The van der Waals surface area contributed by atoms with E-state index in [1.54, 1.807) is 55.6 Å². The third-order valence-electron chi connectivity index (χ3n) is 6.18. The van der Waals surface area contributed by atoms with E-state index in [0.717, 1.165) is 4.70 Å². The number of hydrogen-bond acceptors (Lipinski definition) is 8. The van der Waals surface area contributed by atoms with Crippen molar-refractivity contribution in [1.82, 2.24) is 4.98 Å². The molecule has 1 amide bonds. The number of anilines is 1. The van der Waals surface area contributed by atoms with E-state index in [9.17, 15) is 14.7 Å². The first-order valence-electron chi connectivity index (χ1n) is 12.2. The average molecular weight is 531 g/mol. The number of amides is 1. The molecular formula is C29H26N2O6S. The molecule has 0 aliphatic carbocycles. The molecule has 1 aliphatic heterocycles. The predicted octanol–water partition coefficient (Wildman–Crippen LogP) is 5.73. The maximum Gasteiger partial charge on any atom is 0.301 e. The smallest absolute Gasteiger partial charge is 0.301 e. The van der Waals surface area contributed by atoms with Gasteiger partial charge in [0.25, 0.3) is 5.78 Å². The van der Waals surface area contributed by atoms with Crippen molar-refractivity contribution >= 4 is 44.1 Å². The van der Waals surface area contributed by atoms with Gasteiger partial charge < -0.3 is 19.3 Å². The molecule has 1 unspecified atom stereocenters. The van der Waals surface area contributed by atoms with Gasteiger partial charge in [0.15, 0.2) is 5.13 Å². The number of ether oxygens (including phenoxy) is 3. The highest BCUT2D eigenvalue weighted by molar-refractivity contribution is 7.22. The fourth-order valence-corrected chi connectivity index (χ4v) is 5.44. The van der Waals surface area contributed by atoms with E-state index >= 15 is 0 Å². The van der Waals surface area contributed by atoms with E-state index in [4.69, 9.17) is 14.2 Å². The largest absolute Gasteiger partial charge is 0.507 e. The van der Waals surface area contributed by atoms with Crippen molar-refractivity contribution in [1.29, 1.82) is 0 Å². The lowest BCUT2D eigenvalue weighted by Gasteiger charge is -2.23. The Morgan fingerprint density at radius 1 is 0.921 bits per heavy atom. The normalized spacial score (nSPS) is 16.7. The van der Waals surface area contributed by atoms with Crippen molar-refractivity contribution in [2.24, 2.45) is 0 Å². The van der Waals surface area contributed by atoms with Crippen molar-refractivity contribution in [2.45, 2.75) is 19.9 Å². The van der Waals surface area contributed by atoms with Gasteiger partial charge in [-0.15, -0.1) is 0 Å². The molecule has 1 saturated heterocycles. The first-order chi connectivity index (χ1) is 18.4. The summed E-state index contributed by atoms with van der Waals surface area (Å²) in [6, 6.07) is 18.4. The fraction of sp³-hybridized carbons (Fsp3) is 0.207. The Morgan fingerprint density at radius 3 is 2.21 bits per heavy atom. The summed E-state index contributed by atoms with van der Waals surface area (Å²) in [4.78, 5) is 32.9. The molecule has 5 rings (SSSR count). The molecule has 194 valence electrons. The predicted molar refractivity (Wildman–Crippen MR) is 146 cm³/mol. The van der Waals surface area contributed by atoms with E-state index in [-0.39, 0.29) is 11.3 Å². The molecule has 0 radical (unpaired) electrons. The highest BCUT2D eigenvalue weighted by Crippen LogP contribution is 2.45. The molecule has 1 aliphatic rings. The van der Waals surface area contributed by atoms with Crippen LogP contribution in [0.4, 0.5) is 5.13 Å². The molecule has 4 aromatic rings. The number of aliphatic hydroxyl groups excluding tert-OH is 1. The molecule has 38 heavy (non-hydrogen) atoms. The third-order valence-corrected chi connectivity index (χ3v) is 7.20. The molecule has 1 N–H and O–H groups in total. The molecule has 1 fully saturated rings. The summed E-state index contributed by atoms with van der Waals surface area (Å²) < 4.78 is 17.2. The van der Waals surface area contributed by atoms with Gasteiger partial charge in [-0.25, -0.2) is 4.98 Å². The molecule has 1 atom stereocenters. The number of nitrogens with zero attached hydrogens (tertiary/aromatic N) is 2. The van der Waals surface area contributed by atoms with Crippen molar-refractivity contribution in [3.05, 3.63) is 83.4 Å². The topological polar surface area (TPSA) is 98.2 Å². The number of Topliss-reactive ketones (excluding diaryl/α,β-unsaturated/α-hetero) is 1. The molecule has 8 nitrogen and oxygen atoms in total. The van der Waals surface area contributed by atoms with Crippen LogP contribution in [-0.2, 0) is 9.59 Å². The van der Waals surface area contributed by atoms with Gasteiger partial charge in [-0.2, -0.15) is 0 Å². The summed E-state index contributed by atoms with van der Waals surface area (Å²) in [6.45, 7) is 4.82. The number of ketones is 1. The average Bonchev–Trinajstić information content (AvgIpc) is 3.47. The lowest BCUT2D eigenvalue weighted by atomic mass is 9.95. The zero-order chi connectivity index (χ0) is 26.8. The van der Waals surface area contributed by atoms with Crippen molar-refractivity contribution in [2.75, 3.05) is 25.2 Å². The SMILES string of the molecule is CCOc1ccc(C2/C(=C(\O)c3ccc(OC)cc3)C(=O)C(=O)N2c2nc3ccc(OCC)cc3s2)cc1. The van der Waals surface area contributed by atoms with Gasteiger partial charge in [-0.1, -0.05) is 23.5 Å². The summed E-state index contributed by atoms with van der Waals surface area (Å²) in [7, 11) is 1.54. The Labute approximate surface area is 223 Å². The summed E-state index contributed by atoms with van der Waals surface area (Å²) in [5.41, 5.74) is 1.69. The number of methoxy groups -OCH3 is 1. The van der Waals surface area contributed by atoms with Crippen molar-refractivity contribution in [3.63, 3.8) is 0 Å². The third kappa shape index (κ3) is 4.56. The Bertz CT molecular complexity index is 1530. The highest BCUT2D eigenvalue weighted by Gasteiger charge is 2.48. The Morgan fingerprint density at radius 2 is 1.55 bits per heavy atom. The number of hydrogen-bond donors (Lipinski definition) is 1. The van der Waals surface area contributed by atoms with Gasteiger partial charge in [0.2, 0.25) is 0 Å². The van der Waals surface area contributed by atoms with Gasteiger partial charge in [0.1, 0.15) is 23.0 Å². The van der Waals surface area contributed by atoms with Gasteiger partial charge in [0.05, 0.1) is 42.2 Å². The monoisotopic (exact) mass is 530 g/mol. The Kier molecular flexibility index (Phi) is 7.02. The maximum absolute atomic E-state index is 13.5. The van der Waals surface area contributed by atoms with Crippen LogP contribution >= 0.6 is 11.3 Å². The number of aliphatic hydroxyl groups is 1. The van der Waals surface area contributed by atoms with E-state index < -0.39 is 17.7 Å². The summed E-state index contributed by atoms with van der Waals surface area (Å²) in [5.74, 6) is 0.138.